The Bertz CT molecular complexity index is 902. The maximum Gasteiger partial charge on any atom is 0.255 e. The van der Waals surface area contributed by atoms with Gasteiger partial charge >= 0.3 is 0 Å². The van der Waals surface area contributed by atoms with E-state index in [1.807, 2.05) is 6.92 Å². The summed E-state index contributed by atoms with van der Waals surface area (Å²) in [6.07, 6.45) is 1.55. The summed E-state index contributed by atoms with van der Waals surface area (Å²) in [7, 11) is 0. The van der Waals surface area contributed by atoms with Gasteiger partial charge in [0.25, 0.3) is 11.8 Å². The smallest absolute Gasteiger partial charge is 0.255 e. The number of hydrogen-bond donors (Lipinski definition) is 2. The van der Waals surface area contributed by atoms with Crippen molar-refractivity contribution >= 4 is 17.5 Å². The third-order valence-electron chi connectivity index (χ3n) is 3.81. The van der Waals surface area contributed by atoms with Crippen LogP contribution in [0.3, 0.4) is 0 Å². The highest BCUT2D eigenvalue weighted by atomic mass is 16.5. The van der Waals surface area contributed by atoms with Crippen LogP contribution < -0.4 is 15.4 Å². The highest BCUT2D eigenvalue weighted by Gasteiger charge is 2.10. The fourth-order valence-corrected chi connectivity index (χ4v) is 2.49. The second-order valence-electron chi connectivity index (χ2n) is 5.75. The van der Waals surface area contributed by atoms with E-state index in [4.69, 9.17) is 9.15 Å². The summed E-state index contributed by atoms with van der Waals surface area (Å²) >= 11 is 0. The lowest BCUT2D eigenvalue weighted by Crippen LogP contribution is -2.22. The highest BCUT2D eigenvalue weighted by Crippen LogP contribution is 2.15. The molecule has 2 aromatic carbocycles. The van der Waals surface area contributed by atoms with Gasteiger partial charge in [-0.3, -0.25) is 9.59 Å². The molecule has 0 saturated carbocycles. The van der Waals surface area contributed by atoms with E-state index in [2.05, 4.69) is 10.6 Å². The Kier molecular flexibility index (Phi) is 5.89. The SMILES string of the molecule is CCOc1ccc(C(=O)Nc2cccc(C(=O)NCc3ccco3)c2)cc1. The number of nitrogens with one attached hydrogen (secondary N) is 2. The van der Waals surface area contributed by atoms with E-state index in [0.29, 0.717) is 41.5 Å². The molecule has 0 bridgehead atoms. The number of anilines is 1. The summed E-state index contributed by atoms with van der Waals surface area (Å²) in [5.41, 5.74) is 1.50. The molecule has 1 aromatic heterocycles. The van der Waals surface area contributed by atoms with Gasteiger partial charge in [0.15, 0.2) is 0 Å². The van der Waals surface area contributed by atoms with Gasteiger partial charge in [0.05, 0.1) is 19.4 Å². The molecular formula is C21H20N2O4. The first kappa shape index (κ1) is 18.3. The van der Waals surface area contributed by atoms with E-state index in [0.717, 1.165) is 0 Å². The third-order valence-corrected chi connectivity index (χ3v) is 3.81. The number of ether oxygens (including phenoxy) is 1. The molecule has 0 aliphatic heterocycles. The Labute approximate surface area is 157 Å². The predicted octanol–water partition coefficient (Wildman–Crippen LogP) is 3.86. The minimum Gasteiger partial charge on any atom is -0.494 e. The normalized spacial score (nSPS) is 10.3. The van der Waals surface area contributed by atoms with Crippen molar-refractivity contribution in [2.45, 2.75) is 13.5 Å². The zero-order valence-electron chi connectivity index (χ0n) is 14.9. The predicted molar refractivity (Wildman–Crippen MR) is 102 cm³/mol. The number of benzene rings is 2. The van der Waals surface area contributed by atoms with Crippen molar-refractivity contribution in [2.24, 2.45) is 0 Å². The number of rotatable bonds is 7. The second-order valence-corrected chi connectivity index (χ2v) is 5.75. The van der Waals surface area contributed by atoms with E-state index >= 15 is 0 Å². The van der Waals surface area contributed by atoms with E-state index in [1.54, 1.807) is 66.9 Å². The molecule has 6 nitrogen and oxygen atoms in total. The number of carbonyl (C=O) groups is 2. The average molecular weight is 364 g/mol. The summed E-state index contributed by atoms with van der Waals surface area (Å²) in [5, 5.41) is 5.57. The summed E-state index contributed by atoms with van der Waals surface area (Å²) in [6.45, 7) is 2.77. The molecule has 3 rings (SSSR count). The van der Waals surface area contributed by atoms with Crippen molar-refractivity contribution < 1.29 is 18.7 Å². The van der Waals surface area contributed by atoms with Crippen molar-refractivity contribution in [2.75, 3.05) is 11.9 Å². The number of amides is 2. The minimum atomic E-state index is -0.258. The van der Waals surface area contributed by atoms with Gasteiger partial charge in [-0.2, -0.15) is 0 Å². The molecule has 0 radical (unpaired) electrons. The molecular weight excluding hydrogens is 344 g/mol. The Morgan fingerprint density at radius 1 is 0.963 bits per heavy atom. The van der Waals surface area contributed by atoms with Gasteiger partial charge in [0.2, 0.25) is 0 Å². The third kappa shape index (κ3) is 4.98. The van der Waals surface area contributed by atoms with E-state index in [-0.39, 0.29) is 11.8 Å². The molecule has 0 aliphatic carbocycles. The zero-order valence-corrected chi connectivity index (χ0v) is 14.9. The summed E-state index contributed by atoms with van der Waals surface area (Å²) in [5.74, 6) is 0.877. The molecule has 3 aromatic rings. The molecule has 1 heterocycles. The van der Waals surface area contributed by atoms with Crippen LogP contribution in [-0.2, 0) is 6.54 Å². The van der Waals surface area contributed by atoms with Crippen LogP contribution >= 0.6 is 0 Å². The lowest BCUT2D eigenvalue weighted by molar-refractivity contribution is 0.0946. The standard InChI is InChI=1S/C21H20N2O4/c1-2-26-18-10-8-15(9-11-18)21(25)23-17-6-3-5-16(13-17)20(24)22-14-19-7-4-12-27-19/h3-13H,2,14H2,1H3,(H,22,24)(H,23,25). The first-order valence-corrected chi connectivity index (χ1v) is 8.60. The Morgan fingerprint density at radius 3 is 2.48 bits per heavy atom. The van der Waals surface area contributed by atoms with E-state index < -0.39 is 0 Å². The first-order valence-electron chi connectivity index (χ1n) is 8.60. The first-order chi connectivity index (χ1) is 13.2. The molecule has 0 atom stereocenters. The lowest BCUT2D eigenvalue weighted by atomic mass is 10.1. The number of hydrogen-bond acceptors (Lipinski definition) is 4. The maximum atomic E-state index is 12.4. The second kappa shape index (κ2) is 8.71. The molecule has 0 spiro atoms. The molecule has 6 heteroatoms. The van der Waals surface area contributed by atoms with Crippen LogP contribution in [-0.4, -0.2) is 18.4 Å². The van der Waals surface area contributed by atoms with Crippen molar-refractivity contribution in [3.8, 4) is 5.75 Å². The van der Waals surface area contributed by atoms with Gasteiger partial charge in [0, 0.05) is 16.8 Å². The topological polar surface area (TPSA) is 80.6 Å². The Balaban J connectivity index is 1.62. The molecule has 0 aliphatic rings. The van der Waals surface area contributed by atoms with Crippen LogP contribution in [0.5, 0.6) is 5.75 Å². The number of furan rings is 1. The molecule has 2 amide bonds. The van der Waals surface area contributed by atoms with Crippen molar-refractivity contribution in [3.05, 3.63) is 83.8 Å². The van der Waals surface area contributed by atoms with Crippen molar-refractivity contribution in [3.63, 3.8) is 0 Å². The quantitative estimate of drug-likeness (QED) is 0.667. The molecule has 0 fully saturated rings. The zero-order chi connectivity index (χ0) is 19.1. The Hall–Kier alpha value is -3.54. The molecule has 2 N–H and O–H groups in total. The van der Waals surface area contributed by atoms with E-state index in [9.17, 15) is 9.59 Å². The van der Waals surface area contributed by atoms with Crippen LogP contribution in [0.15, 0.2) is 71.3 Å². The van der Waals surface area contributed by atoms with Gasteiger partial charge in [0.1, 0.15) is 11.5 Å². The molecule has 138 valence electrons. The maximum absolute atomic E-state index is 12.4. The minimum absolute atomic E-state index is 0.247. The van der Waals surface area contributed by atoms with Crippen LogP contribution in [0.1, 0.15) is 33.4 Å². The van der Waals surface area contributed by atoms with Crippen molar-refractivity contribution in [1.82, 2.24) is 5.32 Å². The fraction of sp³-hybridized carbons (Fsp3) is 0.143. The van der Waals surface area contributed by atoms with Crippen LogP contribution in [0.25, 0.3) is 0 Å². The monoisotopic (exact) mass is 364 g/mol. The fourth-order valence-electron chi connectivity index (χ4n) is 2.49. The van der Waals surface area contributed by atoms with Gasteiger partial charge in [-0.1, -0.05) is 6.07 Å². The summed E-state index contributed by atoms with van der Waals surface area (Å²) in [4.78, 5) is 24.6. The van der Waals surface area contributed by atoms with Gasteiger partial charge in [-0.05, 0) is 61.5 Å². The lowest BCUT2D eigenvalue weighted by Gasteiger charge is -2.09. The van der Waals surface area contributed by atoms with Crippen LogP contribution in [0.4, 0.5) is 5.69 Å². The van der Waals surface area contributed by atoms with Gasteiger partial charge < -0.3 is 19.8 Å². The number of carbonyl (C=O) groups excluding carboxylic acids is 2. The molecule has 0 saturated heterocycles. The highest BCUT2D eigenvalue weighted by molar-refractivity contribution is 6.05. The molecule has 27 heavy (non-hydrogen) atoms. The van der Waals surface area contributed by atoms with E-state index in [1.165, 1.54) is 0 Å². The van der Waals surface area contributed by atoms with Gasteiger partial charge in [-0.25, -0.2) is 0 Å². The summed E-state index contributed by atoms with van der Waals surface area (Å²) in [6, 6.07) is 17.2. The summed E-state index contributed by atoms with van der Waals surface area (Å²) < 4.78 is 10.6. The average Bonchev–Trinajstić information content (AvgIpc) is 3.21. The van der Waals surface area contributed by atoms with Gasteiger partial charge in [-0.15, -0.1) is 0 Å². The largest absolute Gasteiger partial charge is 0.494 e. The van der Waals surface area contributed by atoms with Crippen LogP contribution in [0.2, 0.25) is 0 Å². The van der Waals surface area contributed by atoms with Crippen LogP contribution in [0, 0.1) is 0 Å². The van der Waals surface area contributed by atoms with Crippen molar-refractivity contribution in [1.29, 1.82) is 0 Å². The molecule has 0 unspecified atom stereocenters. The Morgan fingerprint density at radius 2 is 1.78 bits per heavy atom.